The maximum Gasteiger partial charge on any atom is 0.328 e. The number of piperidine rings is 1. The maximum atomic E-state index is 12.8. The first kappa shape index (κ1) is 17.7. The molecule has 142 valence electrons. The van der Waals surface area contributed by atoms with Crippen molar-refractivity contribution in [3.8, 4) is 0 Å². The van der Waals surface area contributed by atoms with Crippen LogP contribution in [0.25, 0.3) is 0 Å². The summed E-state index contributed by atoms with van der Waals surface area (Å²) in [4.78, 5) is 46.7. The number of rotatable bonds is 4. The van der Waals surface area contributed by atoms with Crippen LogP contribution in [0.4, 0.5) is 0 Å². The molecule has 3 aliphatic heterocycles. The lowest BCUT2D eigenvalue weighted by Gasteiger charge is -2.35. The fourth-order valence-corrected chi connectivity index (χ4v) is 4.09. The highest BCUT2D eigenvalue weighted by atomic mass is 16.2. The minimum absolute atomic E-state index is 0.0463. The van der Waals surface area contributed by atoms with Gasteiger partial charge in [-0.2, -0.15) is 0 Å². The highest BCUT2D eigenvalue weighted by Crippen LogP contribution is 2.29. The Kier molecular flexibility index (Phi) is 4.89. The van der Waals surface area contributed by atoms with E-state index in [9.17, 15) is 14.4 Å². The largest absolute Gasteiger partial charge is 0.339 e. The van der Waals surface area contributed by atoms with Crippen molar-refractivity contribution in [1.29, 1.82) is 0 Å². The van der Waals surface area contributed by atoms with Gasteiger partial charge in [-0.05, 0) is 30.9 Å². The van der Waals surface area contributed by atoms with Gasteiger partial charge in [-0.3, -0.25) is 29.0 Å². The second-order valence-electron chi connectivity index (χ2n) is 7.38. The van der Waals surface area contributed by atoms with Crippen LogP contribution >= 0.6 is 0 Å². The fourth-order valence-electron chi connectivity index (χ4n) is 4.09. The molecule has 8 nitrogen and oxygen atoms in total. The Labute approximate surface area is 156 Å². The quantitative estimate of drug-likeness (QED) is 0.823. The Balaban J connectivity index is 1.45. The smallest absolute Gasteiger partial charge is 0.328 e. The molecule has 0 unspecified atom stereocenters. The number of hydrogen-bond donors (Lipinski definition) is 1. The first-order valence-electron chi connectivity index (χ1n) is 9.30. The van der Waals surface area contributed by atoms with Crippen molar-refractivity contribution in [2.24, 2.45) is 5.92 Å². The van der Waals surface area contributed by atoms with Crippen LogP contribution in [0.15, 0.2) is 46.2 Å². The number of hydrogen-bond acceptors (Lipinski definition) is 5. The van der Waals surface area contributed by atoms with Gasteiger partial charge in [0, 0.05) is 50.7 Å². The number of aromatic amines is 1. The van der Waals surface area contributed by atoms with Gasteiger partial charge in [-0.25, -0.2) is 4.79 Å². The second-order valence-corrected chi connectivity index (χ2v) is 7.38. The van der Waals surface area contributed by atoms with Crippen molar-refractivity contribution in [3.63, 3.8) is 0 Å². The summed E-state index contributed by atoms with van der Waals surface area (Å²) in [5, 5.41) is 0. The molecule has 5 heterocycles. The average Bonchev–Trinajstić information content (AvgIpc) is 2.97. The fraction of sp³-hybridized carbons (Fsp3) is 0.474. The van der Waals surface area contributed by atoms with Gasteiger partial charge < -0.3 is 4.90 Å². The number of carbonyl (C=O) groups excluding carboxylic acids is 1. The predicted octanol–water partition coefficient (Wildman–Crippen LogP) is 0.0546. The van der Waals surface area contributed by atoms with Gasteiger partial charge in [0.1, 0.15) is 6.54 Å². The number of carbonyl (C=O) groups is 1. The molecular formula is C19H23N5O3. The predicted molar refractivity (Wildman–Crippen MR) is 99.1 cm³/mol. The number of nitrogens with zero attached hydrogens (tertiary/aromatic N) is 4. The molecule has 0 aliphatic carbocycles. The maximum absolute atomic E-state index is 12.8. The lowest BCUT2D eigenvalue weighted by atomic mass is 9.95. The summed E-state index contributed by atoms with van der Waals surface area (Å²) in [6, 6.07) is 7.51. The summed E-state index contributed by atoms with van der Waals surface area (Å²) in [7, 11) is 0. The number of pyridine rings is 1. The molecule has 3 fully saturated rings. The molecule has 5 rings (SSSR count). The number of amides is 1. The zero-order chi connectivity index (χ0) is 18.8. The molecule has 2 bridgehead atoms. The van der Waals surface area contributed by atoms with Crippen LogP contribution < -0.4 is 11.2 Å². The van der Waals surface area contributed by atoms with E-state index in [2.05, 4.69) is 14.9 Å². The van der Waals surface area contributed by atoms with E-state index in [0.717, 1.165) is 31.6 Å². The lowest BCUT2D eigenvalue weighted by Crippen LogP contribution is -2.44. The minimum atomic E-state index is -0.551. The van der Waals surface area contributed by atoms with E-state index in [1.807, 2.05) is 29.3 Å². The number of nitrogens with one attached hydrogen (secondary N) is 1. The van der Waals surface area contributed by atoms with E-state index in [4.69, 9.17) is 0 Å². The summed E-state index contributed by atoms with van der Waals surface area (Å²) >= 11 is 0. The number of H-pyrrole nitrogens is 1. The van der Waals surface area contributed by atoms with Gasteiger partial charge >= 0.3 is 5.69 Å². The zero-order valence-electron chi connectivity index (χ0n) is 15.1. The molecule has 0 radical (unpaired) electrons. The van der Waals surface area contributed by atoms with E-state index in [0.29, 0.717) is 25.0 Å². The van der Waals surface area contributed by atoms with Crippen molar-refractivity contribution >= 4 is 5.91 Å². The highest BCUT2D eigenvalue weighted by Gasteiger charge is 2.36. The molecule has 3 aliphatic rings. The summed E-state index contributed by atoms with van der Waals surface area (Å²) in [5.74, 6) is 0.351. The average molecular weight is 369 g/mol. The molecule has 8 heteroatoms. The lowest BCUT2D eigenvalue weighted by molar-refractivity contribution is -0.132. The van der Waals surface area contributed by atoms with Gasteiger partial charge in [0.25, 0.3) is 5.56 Å². The van der Waals surface area contributed by atoms with Crippen molar-refractivity contribution in [2.75, 3.05) is 19.6 Å². The molecule has 0 saturated carbocycles. The highest BCUT2D eigenvalue weighted by molar-refractivity contribution is 5.76. The normalized spacial score (nSPS) is 22.6. The summed E-state index contributed by atoms with van der Waals surface area (Å²) in [6.45, 7) is 3.09. The van der Waals surface area contributed by atoms with E-state index in [-0.39, 0.29) is 12.5 Å². The SMILES string of the molecule is O=C(Cn1ccc(=O)[nH]c1=O)N1C[C@H]2CC[C@@H](C1)N(Cc1ccccn1)C2. The summed E-state index contributed by atoms with van der Waals surface area (Å²) in [6.07, 6.45) is 5.37. The van der Waals surface area contributed by atoms with E-state index >= 15 is 0 Å². The van der Waals surface area contributed by atoms with Crippen LogP contribution in [-0.2, 0) is 17.9 Å². The molecule has 27 heavy (non-hydrogen) atoms. The Morgan fingerprint density at radius 3 is 2.81 bits per heavy atom. The van der Waals surface area contributed by atoms with Crippen molar-refractivity contribution in [1.82, 2.24) is 24.3 Å². The van der Waals surface area contributed by atoms with Crippen molar-refractivity contribution in [3.05, 3.63) is 63.2 Å². The summed E-state index contributed by atoms with van der Waals surface area (Å²) < 4.78 is 1.25. The van der Waals surface area contributed by atoms with Crippen LogP contribution in [0.3, 0.4) is 0 Å². The third kappa shape index (κ3) is 4.00. The molecule has 1 amide bonds. The molecular weight excluding hydrogens is 346 g/mol. The topological polar surface area (TPSA) is 91.3 Å². The van der Waals surface area contributed by atoms with Crippen molar-refractivity contribution < 1.29 is 4.79 Å². The zero-order valence-corrected chi connectivity index (χ0v) is 15.1. The minimum Gasteiger partial charge on any atom is -0.339 e. The molecule has 2 aromatic rings. The molecule has 0 spiro atoms. The Bertz CT molecular complexity index is 923. The Morgan fingerprint density at radius 2 is 2.04 bits per heavy atom. The van der Waals surface area contributed by atoms with Crippen LogP contribution in [0.1, 0.15) is 18.5 Å². The number of aromatic nitrogens is 3. The van der Waals surface area contributed by atoms with E-state index in [1.54, 1.807) is 0 Å². The molecule has 0 aromatic carbocycles. The second kappa shape index (κ2) is 7.48. The molecule has 1 N–H and O–H groups in total. The first-order chi connectivity index (χ1) is 13.1. The van der Waals surface area contributed by atoms with Gasteiger partial charge in [-0.1, -0.05) is 6.07 Å². The van der Waals surface area contributed by atoms with Crippen LogP contribution in [0.2, 0.25) is 0 Å². The van der Waals surface area contributed by atoms with Crippen LogP contribution in [-0.4, -0.2) is 55.9 Å². The van der Waals surface area contributed by atoms with Crippen molar-refractivity contribution in [2.45, 2.75) is 32.0 Å². The number of fused-ring (bicyclic) bond motifs is 4. The standard InChI is InChI=1S/C19H23N5O3/c25-17-6-8-22(19(27)21-17)13-18(26)24-10-14-4-5-16(12-24)23(9-14)11-15-3-1-2-7-20-15/h1-3,6-8,14,16H,4-5,9-13H2,(H,21,25,27)/t14-,16-/m0/s1. The Morgan fingerprint density at radius 1 is 1.15 bits per heavy atom. The van der Waals surface area contributed by atoms with Gasteiger partial charge in [-0.15, -0.1) is 0 Å². The molecule has 3 saturated heterocycles. The third-order valence-corrected chi connectivity index (χ3v) is 5.47. The first-order valence-corrected chi connectivity index (χ1v) is 9.30. The third-order valence-electron chi connectivity index (χ3n) is 5.47. The summed E-state index contributed by atoms with van der Waals surface area (Å²) in [5.41, 5.74) is 0.0369. The monoisotopic (exact) mass is 369 g/mol. The van der Waals surface area contributed by atoms with Crippen LogP contribution in [0, 0.1) is 5.92 Å². The van der Waals surface area contributed by atoms with Gasteiger partial charge in [0.15, 0.2) is 0 Å². The van der Waals surface area contributed by atoms with Crippen LogP contribution in [0.5, 0.6) is 0 Å². The molecule has 2 atom stereocenters. The van der Waals surface area contributed by atoms with Gasteiger partial charge in [0.05, 0.1) is 5.69 Å². The van der Waals surface area contributed by atoms with E-state index < -0.39 is 11.2 Å². The Hall–Kier alpha value is -2.74. The van der Waals surface area contributed by atoms with Gasteiger partial charge in [0.2, 0.25) is 5.91 Å². The van der Waals surface area contributed by atoms with E-state index in [1.165, 1.54) is 16.8 Å². The molecule has 2 aromatic heterocycles.